The Hall–Kier alpha value is -2.52. The second-order valence-corrected chi connectivity index (χ2v) is 10.2. The molecule has 0 spiro atoms. The number of hydrogen-bond acceptors (Lipinski definition) is 5. The van der Waals surface area contributed by atoms with Crippen molar-refractivity contribution >= 4 is 32.7 Å². The van der Waals surface area contributed by atoms with Crippen molar-refractivity contribution < 1.29 is 18.0 Å². The number of amides is 2. The van der Waals surface area contributed by atoms with Crippen molar-refractivity contribution in [2.75, 3.05) is 32.4 Å². The van der Waals surface area contributed by atoms with E-state index in [1.165, 1.54) is 10.6 Å². The van der Waals surface area contributed by atoms with Gasteiger partial charge in [0.2, 0.25) is 15.9 Å². The van der Waals surface area contributed by atoms with Crippen LogP contribution in [0, 0.1) is 5.92 Å². The normalized spacial score (nSPS) is 23.8. The van der Waals surface area contributed by atoms with Crippen LogP contribution in [0.4, 0.5) is 0 Å². The van der Waals surface area contributed by atoms with E-state index in [2.05, 4.69) is 10.3 Å². The van der Waals surface area contributed by atoms with E-state index in [1.54, 1.807) is 11.0 Å². The zero-order valence-electron chi connectivity index (χ0n) is 17.7. The number of para-hydroxylation sites is 1. The van der Waals surface area contributed by atoms with Crippen LogP contribution in [0.25, 0.3) is 10.9 Å². The van der Waals surface area contributed by atoms with Crippen LogP contribution in [0.3, 0.4) is 0 Å². The summed E-state index contributed by atoms with van der Waals surface area (Å²) in [7, 11) is -3.53. The molecule has 0 radical (unpaired) electrons. The van der Waals surface area contributed by atoms with Gasteiger partial charge in [0.25, 0.3) is 5.91 Å². The maximum atomic E-state index is 13.2. The van der Waals surface area contributed by atoms with Gasteiger partial charge >= 0.3 is 0 Å². The molecule has 1 saturated heterocycles. The molecular formula is C22H28N4O4S. The Morgan fingerprint density at radius 2 is 1.84 bits per heavy atom. The fourth-order valence-corrected chi connectivity index (χ4v) is 5.82. The van der Waals surface area contributed by atoms with E-state index < -0.39 is 10.0 Å². The van der Waals surface area contributed by atoms with Crippen LogP contribution >= 0.6 is 0 Å². The zero-order valence-corrected chi connectivity index (χ0v) is 18.5. The van der Waals surface area contributed by atoms with Crippen LogP contribution in [0.1, 0.15) is 36.2 Å². The Kier molecular flexibility index (Phi) is 6.24. The molecule has 1 aromatic carbocycles. The van der Waals surface area contributed by atoms with Crippen LogP contribution < -0.4 is 5.32 Å². The number of hydrogen-bond donors (Lipinski definition) is 1. The Labute approximate surface area is 182 Å². The summed E-state index contributed by atoms with van der Waals surface area (Å²) in [6, 6.07) is 10.7. The number of aromatic nitrogens is 1. The molecule has 166 valence electrons. The van der Waals surface area contributed by atoms with Crippen LogP contribution in [0.2, 0.25) is 0 Å². The predicted octanol–water partition coefficient (Wildman–Crippen LogP) is 1.63. The van der Waals surface area contributed by atoms with Crippen molar-refractivity contribution in [1.29, 1.82) is 0 Å². The third-order valence-electron chi connectivity index (χ3n) is 6.24. The number of sulfonamides is 1. The van der Waals surface area contributed by atoms with E-state index in [9.17, 15) is 18.0 Å². The van der Waals surface area contributed by atoms with Gasteiger partial charge in [0.05, 0.1) is 17.7 Å². The fraction of sp³-hybridized carbons (Fsp3) is 0.500. The molecule has 2 amide bonds. The van der Waals surface area contributed by atoms with Crippen molar-refractivity contribution in [3.8, 4) is 0 Å². The summed E-state index contributed by atoms with van der Waals surface area (Å²) in [6.45, 7) is 1.06. The predicted molar refractivity (Wildman–Crippen MR) is 118 cm³/mol. The highest BCUT2D eigenvalue weighted by Gasteiger charge is 2.39. The number of rotatable bonds is 2. The third kappa shape index (κ3) is 4.72. The number of nitrogens with zero attached hydrogens (tertiary/aromatic N) is 3. The fourth-order valence-electron chi connectivity index (χ4n) is 4.67. The molecule has 1 saturated carbocycles. The summed E-state index contributed by atoms with van der Waals surface area (Å²) < 4.78 is 26.6. The molecule has 2 fully saturated rings. The molecule has 1 aromatic heterocycles. The van der Waals surface area contributed by atoms with Gasteiger partial charge in [-0.25, -0.2) is 13.4 Å². The largest absolute Gasteiger partial charge is 0.354 e. The van der Waals surface area contributed by atoms with Gasteiger partial charge in [0, 0.05) is 37.6 Å². The van der Waals surface area contributed by atoms with Crippen LogP contribution in [0.5, 0.6) is 0 Å². The van der Waals surface area contributed by atoms with Crippen molar-refractivity contribution in [3.05, 3.63) is 42.1 Å². The van der Waals surface area contributed by atoms with Gasteiger partial charge < -0.3 is 10.2 Å². The highest BCUT2D eigenvalue weighted by atomic mass is 32.2. The second-order valence-electron chi connectivity index (χ2n) is 8.30. The molecule has 1 aliphatic carbocycles. The lowest BCUT2D eigenvalue weighted by molar-refractivity contribution is -0.127. The summed E-state index contributed by atoms with van der Waals surface area (Å²) in [4.78, 5) is 32.1. The average Bonchev–Trinajstić information content (AvgIpc) is 2.76. The Morgan fingerprint density at radius 3 is 2.65 bits per heavy atom. The molecule has 2 atom stereocenters. The molecule has 2 aromatic rings. The molecule has 9 heteroatoms. The molecule has 1 aliphatic heterocycles. The standard InChI is InChI=1S/C22H28N4O4S/c1-31(29,30)26-15-14-25(13-12-23-21(27)17-7-3-5-9-20(17)26)22(28)19-11-10-16-6-2-4-8-18(16)24-19/h2,4,6,8,10-11,17,20H,3,5,7,9,12-15H2,1H3,(H,23,27)/t17-,20+/m0/s1. The van der Waals surface area contributed by atoms with Gasteiger partial charge in [-0.05, 0) is 25.0 Å². The summed E-state index contributed by atoms with van der Waals surface area (Å²) >= 11 is 0. The van der Waals surface area contributed by atoms with E-state index >= 15 is 0 Å². The number of benzene rings is 1. The van der Waals surface area contributed by atoms with Crippen LogP contribution in [-0.2, 0) is 14.8 Å². The molecule has 0 unspecified atom stereocenters. The lowest BCUT2D eigenvalue weighted by Gasteiger charge is -2.39. The minimum Gasteiger partial charge on any atom is -0.354 e. The molecule has 1 N–H and O–H groups in total. The van der Waals surface area contributed by atoms with E-state index in [-0.39, 0.29) is 36.9 Å². The van der Waals surface area contributed by atoms with Crippen molar-refractivity contribution in [1.82, 2.24) is 19.5 Å². The van der Waals surface area contributed by atoms with Gasteiger partial charge in [0.1, 0.15) is 5.69 Å². The monoisotopic (exact) mass is 444 g/mol. The first-order chi connectivity index (χ1) is 14.8. The van der Waals surface area contributed by atoms with Gasteiger partial charge in [-0.3, -0.25) is 9.59 Å². The van der Waals surface area contributed by atoms with Crippen LogP contribution in [-0.4, -0.2) is 72.9 Å². The Morgan fingerprint density at radius 1 is 1.06 bits per heavy atom. The van der Waals surface area contributed by atoms with Gasteiger partial charge in [-0.2, -0.15) is 4.31 Å². The summed E-state index contributed by atoms with van der Waals surface area (Å²) in [5.41, 5.74) is 1.04. The van der Waals surface area contributed by atoms with E-state index in [4.69, 9.17) is 0 Å². The second kappa shape index (κ2) is 8.92. The summed E-state index contributed by atoms with van der Waals surface area (Å²) in [6.07, 6.45) is 4.34. The number of fused-ring (bicyclic) bond motifs is 2. The lowest BCUT2D eigenvalue weighted by atomic mass is 9.83. The van der Waals surface area contributed by atoms with Crippen molar-refractivity contribution in [3.63, 3.8) is 0 Å². The summed E-state index contributed by atoms with van der Waals surface area (Å²) in [5, 5.41) is 3.86. The topological polar surface area (TPSA) is 99.7 Å². The quantitative estimate of drug-likeness (QED) is 0.759. The van der Waals surface area contributed by atoms with Gasteiger partial charge in [-0.15, -0.1) is 0 Å². The van der Waals surface area contributed by atoms with Gasteiger partial charge in [0.15, 0.2) is 0 Å². The molecular weight excluding hydrogens is 416 g/mol. The van der Waals surface area contributed by atoms with E-state index in [1.807, 2.05) is 30.3 Å². The smallest absolute Gasteiger partial charge is 0.272 e. The maximum Gasteiger partial charge on any atom is 0.272 e. The van der Waals surface area contributed by atoms with Crippen LogP contribution in [0.15, 0.2) is 36.4 Å². The number of nitrogens with one attached hydrogen (secondary N) is 1. The highest BCUT2D eigenvalue weighted by molar-refractivity contribution is 7.88. The Bertz CT molecular complexity index is 1090. The Balaban J connectivity index is 1.60. The van der Waals surface area contributed by atoms with Crippen molar-refractivity contribution in [2.45, 2.75) is 31.7 Å². The molecule has 8 nitrogen and oxygen atoms in total. The third-order valence-corrected chi connectivity index (χ3v) is 7.54. The van der Waals surface area contributed by atoms with E-state index in [0.717, 1.165) is 23.7 Å². The number of pyridine rings is 1. The highest BCUT2D eigenvalue weighted by Crippen LogP contribution is 2.30. The first-order valence-electron chi connectivity index (χ1n) is 10.7. The van der Waals surface area contributed by atoms with Gasteiger partial charge in [-0.1, -0.05) is 37.1 Å². The first kappa shape index (κ1) is 21.7. The minimum absolute atomic E-state index is 0.128. The summed E-state index contributed by atoms with van der Waals surface area (Å²) in [5.74, 6) is -0.737. The zero-order chi connectivity index (χ0) is 22.0. The van der Waals surface area contributed by atoms with E-state index in [0.29, 0.717) is 31.6 Å². The molecule has 4 rings (SSSR count). The maximum absolute atomic E-state index is 13.2. The SMILES string of the molecule is CS(=O)(=O)N1CCN(C(=O)c2ccc3ccccc3n2)CCNC(=O)[C@H]2CCCC[C@H]21. The average molecular weight is 445 g/mol. The molecule has 2 aliphatic rings. The lowest BCUT2D eigenvalue weighted by Crippen LogP contribution is -2.55. The molecule has 2 heterocycles. The molecule has 0 bridgehead atoms. The first-order valence-corrected chi connectivity index (χ1v) is 12.6. The molecule has 31 heavy (non-hydrogen) atoms. The number of carbonyl (C=O) groups excluding carboxylic acids is 2. The minimum atomic E-state index is -3.53. The number of carbonyl (C=O) groups is 2. The van der Waals surface area contributed by atoms with Crippen molar-refractivity contribution in [2.24, 2.45) is 5.92 Å².